The second-order valence-corrected chi connectivity index (χ2v) is 6.67. The van der Waals surface area contributed by atoms with Crippen LogP contribution < -0.4 is 5.32 Å². The summed E-state index contributed by atoms with van der Waals surface area (Å²) in [6.07, 6.45) is 0.940. The van der Waals surface area contributed by atoms with Crippen molar-refractivity contribution in [2.24, 2.45) is 0 Å². The predicted octanol–water partition coefficient (Wildman–Crippen LogP) is 4.56. The van der Waals surface area contributed by atoms with E-state index in [4.69, 9.17) is 4.98 Å². The van der Waals surface area contributed by atoms with E-state index in [0.29, 0.717) is 0 Å². The fourth-order valence-electron chi connectivity index (χ4n) is 2.25. The van der Waals surface area contributed by atoms with Gasteiger partial charge in [-0.15, -0.1) is 11.3 Å². The van der Waals surface area contributed by atoms with Crippen LogP contribution in [-0.2, 0) is 6.42 Å². The van der Waals surface area contributed by atoms with Crippen LogP contribution in [0, 0.1) is 0 Å². The van der Waals surface area contributed by atoms with Crippen molar-refractivity contribution in [1.82, 2.24) is 10.3 Å². The lowest BCUT2D eigenvalue weighted by molar-refractivity contribution is 0.589. The number of nitrogens with one attached hydrogen (secondary N) is 1. The Hall–Kier alpha value is -1.23. The zero-order chi connectivity index (χ0) is 13.9. The summed E-state index contributed by atoms with van der Waals surface area (Å²) >= 11 is 5.29. The van der Waals surface area contributed by atoms with Crippen LogP contribution in [0.15, 0.2) is 53.0 Å². The molecule has 4 heteroatoms. The van der Waals surface area contributed by atoms with Crippen LogP contribution in [-0.4, -0.2) is 12.0 Å². The molecule has 1 unspecified atom stereocenters. The van der Waals surface area contributed by atoms with Crippen LogP contribution in [0.3, 0.4) is 0 Å². The number of likely N-dealkylation sites (N-methyl/N-ethyl adjacent to an activating group) is 1. The number of hydrogen-bond donors (Lipinski definition) is 1. The van der Waals surface area contributed by atoms with Crippen molar-refractivity contribution in [3.05, 3.63) is 63.6 Å². The van der Waals surface area contributed by atoms with Gasteiger partial charge in [0.05, 0.1) is 16.3 Å². The first-order valence-electron chi connectivity index (χ1n) is 6.53. The minimum absolute atomic E-state index is 0.252. The predicted molar refractivity (Wildman–Crippen MR) is 89.3 cm³/mol. The van der Waals surface area contributed by atoms with E-state index in [2.05, 4.69) is 63.7 Å². The molecule has 1 aromatic heterocycles. The van der Waals surface area contributed by atoms with Gasteiger partial charge in [0.2, 0.25) is 0 Å². The first-order valence-corrected chi connectivity index (χ1v) is 8.14. The Morgan fingerprint density at radius 1 is 1.20 bits per heavy atom. The molecular weight excluding hydrogens is 332 g/mol. The smallest absolute Gasteiger partial charge is 0.111 e. The molecule has 0 spiro atoms. The summed E-state index contributed by atoms with van der Waals surface area (Å²) in [4.78, 5) is 4.75. The molecule has 3 aromatic rings. The van der Waals surface area contributed by atoms with E-state index < -0.39 is 0 Å². The van der Waals surface area contributed by atoms with Gasteiger partial charge in [0.1, 0.15) is 5.01 Å². The molecule has 0 aliphatic carbocycles. The molecule has 1 N–H and O–H groups in total. The number of nitrogens with zero attached hydrogens (tertiary/aromatic N) is 1. The van der Waals surface area contributed by atoms with Gasteiger partial charge in [-0.25, -0.2) is 4.98 Å². The average molecular weight is 347 g/mol. The van der Waals surface area contributed by atoms with Crippen molar-refractivity contribution >= 4 is 37.5 Å². The molecule has 2 nitrogen and oxygen atoms in total. The molecule has 1 atom stereocenters. The topological polar surface area (TPSA) is 24.9 Å². The lowest BCUT2D eigenvalue weighted by Crippen LogP contribution is -2.18. The molecule has 0 aliphatic heterocycles. The Labute approximate surface area is 131 Å². The lowest BCUT2D eigenvalue weighted by Gasteiger charge is -2.13. The van der Waals surface area contributed by atoms with Gasteiger partial charge in [-0.2, -0.15) is 0 Å². The fraction of sp³-hybridized carbons (Fsp3) is 0.188. The van der Waals surface area contributed by atoms with E-state index in [9.17, 15) is 0 Å². The number of para-hydroxylation sites is 1. The van der Waals surface area contributed by atoms with Gasteiger partial charge < -0.3 is 5.32 Å². The number of aromatic nitrogens is 1. The van der Waals surface area contributed by atoms with E-state index in [1.54, 1.807) is 11.3 Å². The molecular formula is C16H15BrN2S. The molecule has 1 heterocycles. The summed E-state index contributed by atoms with van der Waals surface area (Å²) < 4.78 is 2.37. The second kappa shape index (κ2) is 6.04. The monoisotopic (exact) mass is 346 g/mol. The van der Waals surface area contributed by atoms with Gasteiger partial charge in [-0.1, -0.05) is 40.2 Å². The highest BCUT2D eigenvalue weighted by Crippen LogP contribution is 2.28. The lowest BCUT2D eigenvalue weighted by atomic mass is 10.1. The van der Waals surface area contributed by atoms with E-state index in [0.717, 1.165) is 21.4 Å². The van der Waals surface area contributed by atoms with Crippen molar-refractivity contribution in [2.75, 3.05) is 7.05 Å². The van der Waals surface area contributed by atoms with Gasteiger partial charge in [0.25, 0.3) is 0 Å². The van der Waals surface area contributed by atoms with Crippen LogP contribution in [0.1, 0.15) is 16.6 Å². The summed E-state index contributed by atoms with van der Waals surface area (Å²) in [6, 6.07) is 17.0. The van der Waals surface area contributed by atoms with Gasteiger partial charge in [0, 0.05) is 4.47 Å². The molecule has 0 saturated carbocycles. The van der Waals surface area contributed by atoms with Gasteiger partial charge >= 0.3 is 0 Å². The maximum Gasteiger partial charge on any atom is 0.111 e. The van der Waals surface area contributed by atoms with Crippen LogP contribution >= 0.6 is 27.3 Å². The number of thiazole rings is 1. The number of benzene rings is 2. The summed E-state index contributed by atoms with van der Waals surface area (Å²) in [7, 11) is 1.99. The molecule has 0 radical (unpaired) electrons. The van der Waals surface area contributed by atoms with Crippen molar-refractivity contribution in [3.8, 4) is 0 Å². The van der Waals surface area contributed by atoms with Crippen molar-refractivity contribution < 1.29 is 0 Å². The summed E-state index contributed by atoms with van der Waals surface area (Å²) in [6.45, 7) is 0. The SMILES string of the molecule is CNC(Cc1cccc(Br)c1)c1nc2ccccc2s1. The Balaban J connectivity index is 1.89. The highest BCUT2D eigenvalue weighted by atomic mass is 79.9. The quantitative estimate of drug-likeness (QED) is 0.748. The Morgan fingerprint density at radius 2 is 2.05 bits per heavy atom. The molecule has 0 bridgehead atoms. The standard InChI is InChI=1S/C16H15BrN2S/c1-18-14(10-11-5-4-6-12(17)9-11)16-19-13-7-2-3-8-15(13)20-16/h2-9,14,18H,10H2,1H3. The highest BCUT2D eigenvalue weighted by Gasteiger charge is 2.15. The Kier molecular flexibility index (Phi) is 4.15. The van der Waals surface area contributed by atoms with Crippen molar-refractivity contribution in [2.45, 2.75) is 12.5 Å². The average Bonchev–Trinajstić information content (AvgIpc) is 2.88. The third-order valence-corrected chi connectivity index (χ3v) is 4.93. The zero-order valence-corrected chi connectivity index (χ0v) is 13.5. The largest absolute Gasteiger partial charge is 0.311 e. The molecule has 2 aromatic carbocycles. The Morgan fingerprint density at radius 3 is 2.80 bits per heavy atom. The minimum atomic E-state index is 0.252. The van der Waals surface area contributed by atoms with Crippen LogP contribution in [0.25, 0.3) is 10.2 Å². The number of halogens is 1. The molecule has 0 fully saturated rings. The maximum atomic E-state index is 4.75. The molecule has 0 amide bonds. The number of hydrogen-bond acceptors (Lipinski definition) is 3. The van der Waals surface area contributed by atoms with Crippen LogP contribution in [0.2, 0.25) is 0 Å². The van der Waals surface area contributed by atoms with Crippen molar-refractivity contribution in [1.29, 1.82) is 0 Å². The summed E-state index contributed by atoms with van der Waals surface area (Å²) in [5.74, 6) is 0. The van der Waals surface area contributed by atoms with E-state index in [-0.39, 0.29) is 6.04 Å². The summed E-state index contributed by atoms with van der Waals surface area (Å²) in [5.41, 5.74) is 2.39. The molecule has 3 rings (SSSR count). The van der Waals surface area contributed by atoms with E-state index >= 15 is 0 Å². The second-order valence-electron chi connectivity index (χ2n) is 4.70. The first kappa shape index (κ1) is 13.7. The van der Waals surface area contributed by atoms with Gasteiger partial charge in [-0.3, -0.25) is 0 Å². The minimum Gasteiger partial charge on any atom is -0.311 e. The fourth-order valence-corrected chi connectivity index (χ4v) is 3.78. The number of fused-ring (bicyclic) bond motifs is 1. The maximum absolute atomic E-state index is 4.75. The molecule has 20 heavy (non-hydrogen) atoms. The third-order valence-electron chi connectivity index (χ3n) is 3.29. The first-order chi connectivity index (χ1) is 9.76. The number of rotatable bonds is 4. The third kappa shape index (κ3) is 2.92. The van der Waals surface area contributed by atoms with Gasteiger partial charge in [-0.05, 0) is 43.3 Å². The van der Waals surface area contributed by atoms with Crippen LogP contribution in [0.5, 0.6) is 0 Å². The highest BCUT2D eigenvalue weighted by molar-refractivity contribution is 9.10. The molecule has 102 valence electrons. The van der Waals surface area contributed by atoms with Crippen molar-refractivity contribution in [3.63, 3.8) is 0 Å². The van der Waals surface area contributed by atoms with Gasteiger partial charge in [0.15, 0.2) is 0 Å². The Bertz CT molecular complexity index is 690. The van der Waals surface area contributed by atoms with Crippen LogP contribution in [0.4, 0.5) is 0 Å². The van der Waals surface area contributed by atoms with E-state index in [1.807, 2.05) is 13.1 Å². The normalized spacial score (nSPS) is 12.7. The van der Waals surface area contributed by atoms with E-state index in [1.165, 1.54) is 10.3 Å². The molecule has 0 aliphatic rings. The zero-order valence-electron chi connectivity index (χ0n) is 11.1. The molecule has 0 saturated heterocycles. The summed E-state index contributed by atoms with van der Waals surface area (Å²) in [5, 5.41) is 4.53.